The molecule has 0 aliphatic carbocycles. The van der Waals surface area contributed by atoms with Gasteiger partial charge in [0.05, 0.1) is 27.5 Å². The quantitative estimate of drug-likeness (QED) is 0.136. The Kier molecular flexibility index (Phi) is 8.67. The second-order valence-corrected chi connectivity index (χ2v) is 10.4. The predicted octanol–water partition coefficient (Wildman–Crippen LogP) is 7.33. The summed E-state index contributed by atoms with van der Waals surface area (Å²) in [6.07, 6.45) is 1.59. The average molecular weight is 648 g/mol. The lowest BCUT2D eigenvalue weighted by Crippen LogP contribution is -2.27. The summed E-state index contributed by atoms with van der Waals surface area (Å²) < 4.78 is 13.1. The molecule has 0 unspecified atom stereocenters. The lowest BCUT2D eigenvalue weighted by atomic mass is 10.1. The van der Waals surface area contributed by atoms with Crippen LogP contribution in [0.4, 0.5) is 10.5 Å². The maximum absolute atomic E-state index is 13.1. The second-order valence-electron chi connectivity index (χ2n) is 7.78. The van der Waals surface area contributed by atoms with Crippen molar-refractivity contribution in [1.29, 1.82) is 0 Å². The van der Waals surface area contributed by atoms with Gasteiger partial charge in [-0.1, -0.05) is 48.5 Å². The molecule has 0 spiro atoms. The molecule has 0 bridgehead atoms. The third-order valence-electron chi connectivity index (χ3n) is 5.36. The van der Waals surface area contributed by atoms with Crippen LogP contribution in [-0.2, 0) is 17.9 Å². The van der Waals surface area contributed by atoms with Gasteiger partial charge in [0.2, 0.25) is 0 Å². The van der Waals surface area contributed by atoms with E-state index in [1.165, 1.54) is 18.2 Å². The number of nitro benzene ring substituents is 1. The van der Waals surface area contributed by atoms with E-state index in [4.69, 9.17) is 9.47 Å². The summed E-state index contributed by atoms with van der Waals surface area (Å²) in [5.41, 5.74) is 1.71. The summed E-state index contributed by atoms with van der Waals surface area (Å²) in [7, 11) is 0. The fourth-order valence-corrected chi connectivity index (χ4v) is 5.38. The number of thioether (sulfide) groups is 1. The van der Waals surface area contributed by atoms with E-state index in [9.17, 15) is 19.7 Å². The van der Waals surface area contributed by atoms with Crippen LogP contribution >= 0.6 is 43.6 Å². The second kappa shape index (κ2) is 11.9. The van der Waals surface area contributed by atoms with E-state index < -0.39 is 16.1 Å². The van der Waals surface area contributed by atoms with Crippen LogP contribution in [0.5, 0.6) is 11.5 Å². The fraction of sp³-hybridized carbons (Fsp3) is 0.154. The molecule has 3 aromatic rings. The van der Waals surface area contributed by atoms with Gasteiger partial charge < -0.3 is 9.47 Å². The molecule has 0 aromatic heterocycles. The molecular weight excluding hydrogens is 628 g/mol. The van der Waals surface area contributed by atoms with E-state index >= 15 is 0 Å². The number of carbonyl (C=O) groups excluding carboxylic acids is 2. The van der Waals surface area contributed by atoms with E-state index in [0.717, 1.165) is 22.2 Å². The Morgan fingerprint density at radius 3 is 2.43 bits per heavy atom. The van der Waals surface area contributed by atoms with Crippen LogP contribution in [0.1, 0.15) is 23.6 Å². The summed E-state index contributed by atoms with van der Waals surface area (Å²) in [6.45, 7) is 2.38. The number of nitrogens with zero attached hydrogens (tertiary/aromatic N) is 2. The van der Waals surface area contributed by atoms with Gasteiger partial charge in [-0.3, -0.25) is 24.6 Å². The van der Waals surface area contributed by atoms with Crippen molar-refractivity contribution in [3.63, 3.8) is 0 Å². The summed E-state index contributed by atoms with van der Waals surface area (Å²) >= 11 is 7.90. The summed E-state index contributed by atoms with van der Waals surface area (Å²) in [5, 5.41) is 10.8. The van der Waals surface area contributed by atoms with Crippen LogP contribution in [0.2, 0.25) is 0 Å². The van der Waals surface area contributed by atoms with Crippen molar-refractivity contribution in [3.05, 3.63) is 101 Å². The normalized spacial score (nSPS) is 14.4. The van der Waals surface area contributed by atoms with Crippen molar-refractivity contribution in [2.45, 2.75) is 20.1 Å². The predicted molar refractivity (Wildman–Crippen MR) is 148 cm³/mol. The monoisotopic (exact) mass is 646 g/mol. The van der Waals surface area contributed by atoms with Gasteiger partial charge in [0, 0.05) is 16.1 Å². The molecule has 0 radical (unpaired) electrons. The number of halogens is 2. The number of hydrogen-bond acceptors (Lipinski definition) is 7. The number of imide groups is 1. The minimum atomic E-state index is -0.532. The third-order valence-corrected chi connectivity index (χ3v) is 8.41. The minimum absolute atomic E-state index is 0.148. The summed E-state index contributed by atoms with van der Waals surface area (Å²) in [5.74, 6) is 0.441. The molecule has 37 heavy (non-hydrogen) atoms. The van der Waals surface area contributed by atoms with Crippen LogP contribution in [-0.4, -0.2) is 27.6 Å². The number of benzene rings is 3. The average Bonchev–Trinajstić information content (AvgIpc) is 3.15. The van der Waals surface area contributed by atoms with Crippen LogP contribution in [0.25, 0.3) is 6.08 Å². The van der Waals surface area contributed by atoms with E-state index in [1.54, 1.807) is 18.2 Å². The summed E-state index contributed by atoms with van der Waals surface area (Å²) in [4.78, 5) is 37.8. The molecule has 11 heteroatoms. The van der Waals surface area contributed by atoms with Gasteiger partial charge in [-0.2, -0.15) is 0 Å². The number of hydrogen-bond donors (Lipinski definition) is 0. The number of rotatable bonds is 9. The Bertz CT molecular complexity index is 1400. The molecule has 0 atom stereocenters. The van der Waals surface area contributed by atoms with Crippen molar-refractivity contribution < 1.29 is 24.0 Å². The van der Waals surface area contributed by atoms with Crippen molar-refractivity contribution >= 4 is 66.5 Å². The number of amides is 2. The Hall–Kier alpha value is -3.15. The molecule has 1 aliphatic rings. The van der Waals surface area contributed by atoms with Gasteiger partial charge in [0.15, 0.2) is 11.5 Å². The first-order valence-electron chi connectivity index (χ1n) is 11.1. The molecule has 1 fully saturated rings. The van der Waals surface area contributed by atoms with Gasteiger partial charge in [0.25, 0.3) is 16.8 Å². The smallest absolute Gasteiger partial charge is 0.293 e. The number of ether oxygens (including phenoxy) is 2. The molecule has 1 aliphatic heterocycles. The SMILES string of the molecule is CCOc1cc(/C=C2\SC(=O)N(Cc3ccccc3[N+](=O)[O-])C2=O)c(Br)c(Br)c1OCc1ccccc1. The van der Waals surface area contributed by atoms with Gasteiger partial charge in [-0.15, -0.1) is 0 Å². The first-order valence-corrected chi connectivity index (χ1v) is 13.5. The van der Waals surface area contributed by atoms with E-state index in [2.05, 4.69) is 31.9 Å². The fourth-order valence-electron chi connectivity index (χ4n) is 3.61. The Morgan fingerprint density at radius 2 is 1.73 bits per heavy atom. The largest absolute Gasteiger partial charge is 0.490 e. The molecule has 2 amide bonds. The van der Waals surface area contributed by atoms with E-state index in [-0.39, 0.29) is 22.7 Å². The zero-order chi connectivity index (χ0) is 26.5. The highest BCUT2D eigenvalue weighted by atomic mass is 79.9. The molecule has 0 saturated carbocycles. The van der Waals surface area contributed by atoms with Crippen molar-refractivity contribution in [3.8, 4) is 11.5 Å². The number of carbonyl (C=O) groups is 2. The van der Waals surface area contributed by atoms with E-state index in [0.29, 0.717) is 39.2 Å². The highest BCUT2D eigenvalue weighted by Crippen LogP contribution is 2.45. The maximum atomic E-state index is 13.1. The van der Waals surface area contributed by atoms with Crippen LogP contribution < -0.4 is 9.47 Å². The third kappa shape index (κ3) is 6.06. The zero-order valence-corrected chi connectivity index (χ0v) is 23.5. The molecular formula is C26H20Br2N2O6S. The van der Waals surface area contributed by atoms with Gasteiger partial charge in [-0.05, 0) is 73.8 Å². The maximum Gasteiger partial charge on any atom is 0.293 e. The lowest BCUT2D eigenvalue weighted by molar-refractivity contribution is -0.385. The topological polar surface area (TPSA) is 99.0 Å². The Labute approximate surface area is 234 Å². The highest BCUT2D eigenvalue weighted by Gasteiger charge is 2.36. The Morgan fingerprint density at radius 1 is 1.03 bits per heavy atom. The molecule has 3 aromatic carbocycles. The minimum Gasteiger partial charge on any atom is -0.490 e. The number of nitro groups is 1. The first kappa shape index (κ1) is 26.9. The summed E-state index contributed by atoms with van der Waals surface area (Å²) in [6, 6.07) is 17.5. The van der Waals surface area contributed by atoms with Crippen molar-refractivity contribution in [2.75, 3.05) is 6.61 Å². The molecule has 1 saturated heterocycles. The molecule has 4 rings (SSSR count). The molecule has 0 N–H and O–H groups in total. The van der Waals surface area contributed by atoms with Gasteiger partial charge >= 0.3 is 0 Å². The molecule has 1 heterocycles. The number of para-hydroxylation sites is 1. The van der Waals surface area contributed by atoms with Crippen molar-refractivity contribution in [1.82, 2.24) is 4.90 Å². The first-order chi connectivity index (χ1) is 17.8. The zero-order valence-electron chi connectivity index (χ0n) is 19.5. The molecule has 8 nitrogen and oxygen atoms in total. The van der Waals surface area contributed by atoms with E-state index in [1.807, 2.05) is 37.3 Å². The van der Waals surface area contributed by atoms with Gasteiger partial charge in [-0.25, -0.2) is 0 Å². The van der Waals surface area contributed by atoms with Crippen LogP contribution in [0.15, 0.2) is 74.5 Å². The van der Waals surface area contributed by atoms with Crippen LogP contribution in [0, 0.1) is 10.1 Å². The van der Waals surface area contributed by atoms with Crippen LogP contribution in [0.3, 0.4) is 0 Å². The Balaban J connectivity index is 1.62. The van der Waals surface area contributed by atoms with Gasteiger partial charge in [0.1, 0.15) is 6.61 Å². The highest BCUT2D eigenvalue weighted by molar-refractivity contribution is 9.13. The standard InChI is InChI=1S/C26H20Br2N2O6S/c1-2-35-20-12-18(22(27)23(28)24(20)36-15-16-8-4-3-5-9-16)13-21-25(31)29(26(32)37-21)14-17-10-6-7-11-19(17)30(33)34/h3-13H,2,14-15H2,1H3/b21-13-. The molecule has 190 valence electrons. The van der Waals surface area contributed by atoms with Crippen molar-refractivity contribution in [2.24, 2.45) is 0 Å². The lowest BCUT2D eigenvalue weighted by Gasteiger charge is -2.17.